The molecule has 0 saturated carbocycles. The molecule has 8 heteroatoms. The number of alkyl halides is 3. The van der Waals surface area contributed by atoms with Crippen LogP contribution in [0.15, 0.2) is 12.1 Å². The average Bonchev–Trinajstić information content (AvgIpc) is 2.76. The Hall–Kier alpha value is -1.83. The van der Waals surface area contributed by atoms with Gasteiger partial charge >= 0.3 is 6.18 Å². The van der Waals surface area contributed by atoms with Crippen LogP contribution in [-0.4, -0.2) is 47.2 Å². The number of hydrogen-bond donors (Lipinski definition) is 2. The van der Waals surface area contributed by atoms with Gasteiger partial charge in [-0.05, 0) is 26.1 Å². The van der Waals surface area contributed by atoms with E-state index in [1.807, 2.05) is 0 Å². The Labute approximate surface area is 119 Å². The first kappa shape index (κ1) is 15.6. The highest BCUT2D eigenvalue weighted by Crippen LogP contribution is 2.37. The Bertz CT molecular complexity index is 548. The molecular weight excluding hydrogens is 287 g/mol. The predicted molar refractivity (Wildman–Crippen MR) is 69.8 cm³/mol. The van der Waals surface area contributed by atoms with Crippen LogP contribution in [-0.2, 0) is 4.79 Å². The standard InChI is InChI=1S/C13H16F3N3O2/c1-7-3-4-10(20)11(17-7)18-12(21)8-5-19(2)6-9(8)13(14,15)16/h3-4,8-9,20H,5-6H2,1-2H3,(H,17,18,21)/t8-,9-/m1/s1. The van der Waals surface area contributed by atoms with Crippen LogP contribution >= 0.6 is 0 Å². The van der Waals surface area contributed by atoms with Crippen molar-refractivity contribution in [3.63, 3.8) is 0 Å². The van der Waals surface area contributed by atoms with E-state index < -0.39 is 23.9 Å². The summed E-state index contributed by atoms with van der Waals surface area (Å²) in [6.07, 6.45) is -4.44. The molecule has 1 aromatic rings. The first-order chi connectivity index (χ1) is 9.68. The fourth-order valence-corrected chi connectivity index (χ4v) is 2.45. The number of carbonyl (C=O) groups is 1. The number of nitrogens with one attached hydrogen (secondary N) is 1. The average molecular weight is 303 g/mol. The summed E-state index contributed by atoms with van der Waals surface area (Å²) in [6.45, 7) is 1.45. The van der Waals surface area contributed by atoms with Gasteiger partial charge in [-0.3, -0.25) is 4.79 Å². The van der Waals surface area contributed by atoms with Gasteiger partial charge in [0.1, 0.15) is 0 Å². The summed E-state index contributed by atoms with van der Waals surface area (Å²) >= 11 is 0. The lowest BCUT2D eigenvalue weighted by Crippen LogP contribution is -2.36. The van der Waals surface area contributed by atoms with E-state index in [1.165, 1.54) is 24.1 Å². The Balaban J connectivity index is 2.17. The number of rotatable bonds is 2. The van der Waals surface area contributed by atoms with Crippen LogP contribution in [0.5, 0.6) is 5.75 Å². The number of nitrogens with zero attached hydrogens (tertiary/aromatic N) is 2. The number of carbonyl (C=O) groups excluding carboxylic acids is 1. The number of aromatic nitrogens is 1. The quantitative estimate of drug-likeness (QED) is 0.874. The summed E-state index contributed by atoms with van der Waals surface area (Å²) in [7, 11) is 1.54. The lowest BCUT2D eigenvalue weighted by atomic mass is 9.94. The van der Waals surface area contributed by atoms with Gasteiger partial charge in [0.15, 0.2) is 11.6 Å². The smallest absolute Gasteiger partial charge is 0.393 e. The Morgan fingerprint density at radius 3 is 2.71 bits per heavy atom. The van der Waals surface area contributed by atoms with E-state index >= 15 is 0 Å². The third-order valence-electron chi connectivity index (χ3n) is 3.51. The van der Waals surface area contributed by atoms with Crippen molar-refractivity contribution in [2.45, 2.75) is 13.1 Å². The molecule has 1 amide bonds. The second-order valence-corrected chi connectivity index (χ2v) is 5.29. The first-order valence-electron chi connectivity index (χ1n) is 6.41. The number of aromatic hydroxyl groups is 1. The third-order valence-corrected chi connectivity index (χ3v) is 3.51. The summed E-state index contributed by atoms with van der Waals surface area (Å²) < 4.78 is 38.9. The molecule has 0 aromatic carbocycles. The maximum atomic E-state index is 13.0. The summed E-state index contributed by atoms with van der Waals surface area (Å²) in [5.74, 6) is -4.10. The molecule has 0 radical (unpaired) electrons. The van der Waals surface area contributed by atoms with E-state index in [2.05, 4.69) is 10.3 Å². The van der Waals surface area contributed by atoms with Crippen LogP contribution in [0.4, 0.5) is 19.0 Å². The van der Waals surface area contributed by atoms with Gasteiger partial charge in [-0.25, -0.2) is 4.98 Å². The van der Waals surface area contributed by atoms with Gasteiger partial charge in [0.05, 0.1) is 11.8 Å². The zero-order chi connectivity index (χ0) is 15.8. The van der Waals surface area contributed by atoms with E-state index in [-0.39, 0.29) is 24.7 Å². The van der Waals surface area contributed by atoms with E-state index in [1.54, 1.807) is 6.92 Å². The van der Waals surface area contributed by atoms with Gasteiger partial charge in [-0.1, -0.05) is 0 Å². The molecule has 116 valence electrons. The number of likely N-dealkylation sites (tertiary alicyclic amines) is 1. The molecule has 2 atom stereocenters. The maximum Gasteiger partial charge on any atom is 0.393 e. The number of halogens is 3. The number of aryl methyl sites for hydroxylation is 1. The van der Waals surface area contributed by atoms with Crippen LogP contribution in [0.2, 0.25) is 0 Å². The van der Waals surface area contributed by atoms with Gasteiger partial charge in [0, 0.05) is 18.8 Å². The van der Waals surface area contributed by atoms with Gasteiger partial charge in [0.2, 0.25) is 5.91 Å². The molecule has 0 spiro atoms. The molecule has 1 aromatic heterocycles. The van der Waals surface area contributed by atoms with Gasteiger partial charge in [-0.15, -0.1) is 0 Å². The molecule has 1 aliphatic heterocycles. The molecule has 2 heterocycles. The highest BCUT2D eigenvalue weighted by atomic mass is 19.4. The van der Waals surface area contributed by atoms with E-state index in [4.69, 9.17) is 0 Å². The summed E-state index contributed by atoms with van der Waals surface area (Å²) in [6, 6.07) is 2.87. The van der Waals surface area contributed by atoms with Crippen molar-refractivity contribution < 1.29 is 23.1 Å². The van der Waals surface area contributed by atoms with Crippen LogP contribution in [0.1, 0.15) is 5.69 Å². The molecular formula is C13H16F3N3O2. The molecule has 0 aliphatic carbocycles. The van der Waals surface area contributed by atoms with Crippen LogP contribution in [0.3, 0.4) is 0 Å². The fourth-order valence-electron chi connectivity index (χ4n) is 2.45. The summed E-state index contributed by atoms with van der Waals surface area (Å²) in [5.41, 5.74) is 0.541. The van der Waals surface area contributed by atoms with Crippen molar-refractivity contribution >= 4 is 11.7 Å². The van der Waals surface area contributed by atoms with Crippen LogP contribution in [0.25, 0.3) is 0 Å². The number of amides is 1. The van der Waals surface area contributed by atoms with Crippen LogP contribution < -0.4 is 5.32 Å². The number of hydrogen-bond acceptors (Lipinski definition) is 4. The zero-order valence-electron chi connectivity index (χ0n) is 11.6. The van der Waals surface area contributed by atoms with Crippen molar-refractivity contribution in [3.05, 3.63) is 17.8 Å². The molecule has 1 fully saturated rings. The minimum atomic E-state index is -4.44. The van der Waals surface area contributed by atoms with Crippen molar-refractivity contribution in [2.24, 2.45) is 11.8 Å². The minimum Gasteiger partial charge on any atom is -0.504 e. The van der Waals surface area contributed by atoms with Crippen molar-refractivity contribution in [3.8, 4) is 5.75 Å². The topological polar surface area (TPSA) is 65.5 Å². The summed E-state index contributed by atoms with van der Waals surface area (Å²) in [4.78, 5) is 17.5. The second kappa shape index (κ2) is 5.51. The molecule has 5 nitrogen and oxygen atoms in total. The molecule has 1 saturated heterocycles. The maximum absolute atomic E-state index is 13.0. The third kappa shape index (κ3) is 3.44. The highest BCUT2D eigenvalue weighted by molar-refractivity contribution is 5.93. The van der Waals surface area contributed by atoms with Crippen molar-refractivity contribution in [1.29, 1.82) is 0 Å². The van der Waals surface area contributed by atoms with Crippen molar-refractivity contribution in [2.75, 3.05) is 25.5 Å². The van der Waals surface area contributed by atoms with Crippen molar-refractivity contribution in [1.82, 2.24) is 9.88 Å². The fraction of sp³-hybridized carbons (Fsp3) is 0.538. The Morgan fingerprint density at radius 2 is 2.10 bits per heavy atom. The number of pyridine rings is 1. The first-order valence-corrected chi connectivity index (χ1v) is 6.41. The molecule has 1 aliphatic rings. The van der Waals surface area contributed by atoms with Gasteiger partial charge < -0.3 is 15.3 Å². The monoisotopic (exact) mass is 303 g/mol. The lowest BCUT2D eigenvalue weighted by molar-refractivity contribution is -0.182. The molecule has 0 unspecified atom stereocenters. The molecule has 0 bridgehead atoms. The Morgan fingerprint density at radius 1 is 1.43 bits per heavy atom. The largest absolute Gasteiger partial charge is 0.504 e. The van der Waals surface area contributed by atoms with Crippen LogP contribution in [0, 0.1) is 18.8 Å². The molecule has 21 heavy (non-hydrogen) atoms. The zero-order valence-corrected chi connectivity index (χ0v) is 11.6. The highest BCUT2D eigenvalue weighted by Gasteiger charge is 2.51. The van der Waals surface area contributed by atoms with E-state index in [9.17, 15) is 23.1 Å². The summed E-state index contributed by atoms with van der Waals surface area (Å²) in [5, 5.41) is 11.9. The van der Waals surface area contributed by atoms with Gasteiger partial charge in [0.25, 0.3) is 0 Å². The number of anilines is 1. The lowest BCUT2D eigenvalue weighted by Gasteiger charge is -2.20. The predicted octanol–water partition coefficient (Wildman–Crippen LogP) is 1.77. The SMILES string of the molecule is Cc1ccc(O)c(NC(=O)[C@@H]2CN(C)C[C@H]2C(F)(F)F)n1. The molecule has 2 N–H and O–H groups in total. The van der Waals surface area contributed by atoms with Gasteiger partial charge in [-0.2, -0.15) is 13.2 Å². The van der Waals surface area contributed by atoms with E-state index in [0.29, 0.717) is 5.69 Å². The normalized spacial score (nSPS) is 23.3. The minimum absolute atomic E-state index is 0.0165. The Kier molecular flexibility index (Phi) is 4.08. The second-order valence-electron chi connectivity index (χ2n) is 5.29. The van der Waals surface area contributed by atoms with E-state index in [0.717, 1.165) is 0 Å². The molecule has 2 rings (SSSR count).